The third kappa shape index (κ3) is 1.79. The Morgan fingerprint density at radius 3 is 3.13 bits per heavy atom. The summed E-state index contributed by atoms with van der Waals surface area (Å²) in [7, 11) is 1.62. The van der Waals surface area contributed by atoms with Gasteiger partial charge in [-0.25, -0.2) is 4.98 Å². The van der Waals surface area contributed by atoms with Crippen molar-refractivity contribution in [1.82, 2.24) is 10.3 Å². The Morgan fingerprint density at radius 2 is 2.40 bits per heavy atom. The summed E-state index contributed by atoms with van der Waals surface area (Å²) >= 11 is 0. The van der Waals surface area contributed by atoms with Crippen molar-refractivity contribution in [1.29, 1.82) is 0 Å². The number of hydrogen-bond acceptors (Lipinski definition) is 3. The Labute approximate surface area is 89.1 Å². The monoisotopic (exact) mass is 205 g/mol. The van der Waals surface area contributed by atoms with E-state index in [0.717, 1.165) is 24.3 Å². The average Bonchev–Trinajstić information content (AvgIpc) is 2.28. The average molecular weight is 205 g/mol. The molecule has 1 amide bonds. The smallest absolute Gasteiger partial charge is 0.269 e. The number of fused-ring (bicyclic) bond motifs is 1. The second-order valence-corrected chi connectivity index (χ2v) is 3.82. The van der Waals surface area contributed by atoms with Crippen molar-refractivity contribution in [3.05, 3.63) is 23.5 Å². The molecule has 0 radical (unpaired) electrons. The van der Waals surface area contributed by atoms with Gasteiger partial charge in [0.25, 0.3) is 5.91 Å². The van der Waals surface area contributed by atoms with Crippen LogP contribution in [0.4, 0.5) is 5.69 Å². The van der Waals surface area contributed by atoms with Crippen LogP contribution in [-0.4, -0.2) is 24.5 Å². The molecular weight excluding hydrogens is 190 g/mol. The Balaban J connectivity index is 2.39. The zero-order valence-electron chi connectivity index (χ0n) is 9.00. The molecule has 2 rings (SSSR count). The van der Waals surface area contributed by atoms with Crippen LogP contribution in [0, 0.1) is 0 Å². The third-order valence-electron chi connectivity index (χ3n) is 2.74. The molecule has 0 aromatic carbocycles. The lowest BCUT2D eigenvalue weighted by molar-refractivity contribution is 0.0958. The fraction of sp³-hybridized carbons (Fsp3) is 0.455. The van der Waals surface area contributed by atoms with Gasteiger partial charge >= 0.3 is 0 Å². The van der Waals surface area contributed by atoms with Crippen LogP contribution < -0.4 is 10.6 Å². The molecule has 80 valence electrons. The fourth-order valence-electron chi connectivity index (χ4n) is 1.81. The van der Waals surface area contributed by atoms with Crippen molar-refractivity contribution < 1.29 is 4.79 Å². The van der Waals surface area contributed by atoms with Crippen molar-refractivity contribution in [2.24, 2.45) is 0 Å². The largest absolute Gasteiger partial charge is 0.384 e. The van der Waals surface area contributed by atoms with Crippen LogP contribution in [0.5, 0.6) is 0 Å². The number of anilines is 1. The SMILES string of the molecule is CNC(=O)c1ccc2c(n1)C(C)CCN2. The summed E-state index contributed by atoms with van der Waals surface area (Å²) in [6.07, 6.45) is 1.07. The summed E-state index contributed by atoms with van der Waals surface area (Å²) < 4.78 is 0. The van der Waals surface area contributed by atoms with Crippen LogP contribution in [0.3, 0.4) is 0 Å². The van der Waals surface area contributed by atoms with E-state index in [1.165, 1.54) is 0 Å². The zero-order valence-corrected chi connectivity index (χ0v) is 9.00. The molecule has 1 aliphatic heterocycles. The third-order valence-corrected chi connectivity index (χ3v) is 2.74. The van der Waals surface area contributed by atoms with Crippen molar-refractivity contribution in [3.8, 4) is 0 Å². The maximum absolute atomic E-state index is 11.4. The first kappa shape index (κ1) is 9.96. The number of carbonyl (C=O) groups is 1. The van der Waals surface area contributed by atoms with Crippen LogP contribution in [0.1, 0.15) is 35.4 Å². The van der Waals surface area contributed by atoms with E-state index in [-0.39, 0.29) is 5.91 Å². The molecule has 1 atom stereocenters. The molecule has 0 saturated carbocycles. The van der Waals surface area contributed by atoms with E-state index in [0.29, 0.717) is 11.6 Å². The number of rotatable bonds is 1. The van der Waals surface area contributed by atoms with E-state index in [4.69, 9.17) is 0 Å². The van der Waals surface area contributed by atoms with Gasteiger partial charge in [0.15, 0.2) is 0 Å². The molecule has 2 heterocycles. The minimum absolute atomic E-state index is 0.129. The first-order chi connectivity index (χ1) is 7.22. The maximum Gasteiger partial charge on any atom is 0.269 e. The number of amides is 1. The molecule has 2 N–H and O–H groups in total. The van der Waals surface area contributed by atoms with Crippen LogP contribution in [-0.2, 0) is 0 Å². The number of nitrogens with zero attached hydrogens (tertiary/aromatic N) is 1. The van der Waals surface area contributed by atoms with E-state index in [9.17, 15) is 4.79 Å². The summed E-state index contributed by atoms with van der Waals surface area (Å²) in [4.78, 5) is 15.8. The van der Waals surface area contributed by atoms with Crippen molar-refractivity contribution in [2.45, 2.75) is 19.3 Å². The molecule has 4 nitrogen and oxygen atoms in total. The van der Waals surface area contributed by atoms with E-state index >= 15 is 0 Å². The van der Waals surface area contributed by atoms with E-state index in [1.807, 2.05) is 6.07 Å². The Bertz CT molecular complexity index is 389. The van der Waals surface area contributed by atoms with Crippen LogP contribution >= 0.6 is 0 Å². The summed E-state index contributed by atoms with van der Waals surface area (Å²) in [5.74, 6) is 0.293. The number of aromatic nitrogens is 1. The highest BCUT2D eigenvalue weighted by atomic mass is 16.1. The lowest BCUT2D eigenvalue weighted by Crippen LogP contribution is -2.22. The first-order valence-electron chi connectivity index (χ1n) is 5.19. The van der Waals surface area contributed by atoms with Crippen LogP contribution in [0.25, 0.3) is 0 Å². The lowest BCUT2D eigenvalue weighted by atomic mass is 9.97. The second kappa shape index (κ2) is 3.88. The van der Waals surface area contributed by atoms with E-state index < -0.39 is 0 Å². The molecule has 4 heteroatoms. The van der Waals surface area contributed by atoms with Gasteiger partial charge in [0.05, 0.1) is 11.4 Å². The molecule has 0 aliphatic carbocycles. The lowest BCUT2D eigenvalue weighted by Gasteiger charge is -2.22. The van der Waals surface area contributed by atoms with Crippen molar-refractivity contribution >= 4 is 11.6 Å². The molecule has 0 saturated heterocycles. The van der Waals surface area contributed by atoms with Gasteiger partial charge < -0.3 is 10.6 Å². The summed E-state index contributed by atoms with van der Waals surface area (Å²) in [5.41, 5.74) is 2.55. The number of nitrogens with one attached hydrogen (secondary N) is 2. The normalized spacial score (nSPS) is 18.9. The molecule has 1 aromatic heterocycles. The van der Waals surface area contributed by atoms with Crippen molar-refractivity contribution in [3.63, 3.8) is 0 Å². The van der Waals surface area contributed by atoms with Crippen molar-refractivity contribution in [2.75, 3.05) is 18.9 Å². The highest BCUT2D eigenvalue weighted by Gasteiger charge is 2.19. The van der Waals surface area contributed by atoms with Crippen LogP contribution in [0.2, 0.25) is 0 Å². The second-order valence-electron chi connectivity index (χ2n) is 3.82. The minimum atomic E-state index is -0.129. The van der Waals surface area contributed by atoms with Gasteiger partial charge in [0, 0.05) is 19.5 Å². The van der Waals surface area contributed by atoms with Gasteiger partial charge in [-0.3, -0.25) is 4.79 Å². The minimum Gasteiger partial charge on any atom is -0.384 e. The standard InChI is InChI=1S/C11H15N3O/c1-7-5-6-13-8-3-4-9(11(15)12-2)14-10(7)8/h3-4,7,13H,5-6H2,1-2H3,(H,12,15). The molecule has 0 fully saturated rings. The van der Waals surface area contributed by atoms with Gasteiger partial charge in [-0.1, -0.05) is 6.92 Å². The van der Waals surface area contributed by atoms with Gasteiger partial charge in [-0.2, -0.15) is 0 Å². The molecule has 1 aromatic rings. The molecule has 0 spiro atoms. The predicted molar refractivity (Wildman–Crippen MR) is 59.1 cm³/mol. The molecule has 1 aliphatic rings. The van der Waals surface area contributed by atoms with E-state index in [1.54, 1.807) is 13.1 Å². The van der Waals surface area contributed by atoms with Crippen LogP contribution in [0.15, 0.2) is 12.1 Å². The molecule has 15 heavy (non-hydrogen) atoms. The van der Waals surface area contributed by atoms with Gasteiger partial charge in [-0.05, 0) is 18.6 Å². The molecule has 0 bridgehead atoms. The van der Waals surface area contributed by atoms with Gasteiger partial charge in [0.2, 0.25) is 0 Å². The number of hydrogen-bond donors (Lipinski definition) is 2. The topological polar surface area (TPSA) is 54.0 Å². The summed E-state index contributed by atoms with van der Waals surface area (Å²) in [5, 5.41) is 5.86. The fourth-order valence-corrected chi connectivity index (χ4v) is 1.81. The van der Waals surface area contributed by atoms with E-state index in [2.05, 4.69) is 22.5 Å². The highest BCUT2D eigenvalue weighted by molar-refractivity contribution is 5.92. The maximum atomic E-state index is 11.4. The van der Waals surface area contributed by atoms with Gasteiger partial charge in [0.1, 0.15) is 5.69 Å². The number of carbonyl (C=O) groups excluding carboxylic acids is 1. The van der Waals surface area contributed by atoms with Gasteiger partial charge in [-0.15, -0.1) is 0 Å². The Kier molecular flexibility index (Phi) is 2.58. The first-order valence-corrected chi connectivity index (χ1v) is 5.19. The zero-order chi connectivity index (χ0) is 10.8. The number of pyridine rings is 1. The quantitative estimate of drug-likeness (QED) is 0.728. The molecular formula is C11H15N3O. The molecule has 1 unspecified atom stereocenters. The Hall–Kier alpha value is -1.58. The summed E-state index contributed by atoms with van der Waals surface area (Å²) in [6, 6.07) is 3.69. The Morgan fingerprint density at radius 1 is 1.60 bits per heavy atom. The predicted octanol–water partition coefficient (Wildman–Crippen LogP) is 1.36. The summed E-state index contributed by atoms with van der Waals surface area (Å²) in [6.45, 7) is 3.12. The highest BCUT2D eigenvalue weighted by Crippen LogP contribution is 2.29.